The molecule has 20 heavy (non-hydrogen) atoms. The van der Waals surface area contributed by atoms with Gasteiger partial charge in [0.15, 0.2) is 11.6 Å². The standard InChI is InChI=1S/C14H17N5O/c1-9-5-4-6-12(15-9)14-17-16-13-11(3)19(8-20)10(2)7-18(13)14/h4-6,8,10-11H,7H2,1-3H3. The van der Waals surface area contributed by atoms with E-state index in [-0.39, 0.29) is 12.1 Å². The SMILES string of the molecule is Cc1cccc(-c2nnc3n2CC(C)N(C=O)C3C)n1. The molecule has 0 bridgehead atoms. The average Bonchev–Trinajstić information content (AvgIpc) is 2.83. The van der Waals surface area contributed by atoms with E-state index < -0.39 is 0 Å². The fourth-order valence-electron chi connectivity index (χ4n) is 2.73. The molecule has 3 heterocycles. The Morgan fingerprint density at radius 2 is 2.10 bits per heavy atom. The van der Waals surface area contributed by atoms with Crippen molar-refractivity contribution in [1.82, 2.24) is 24.6 Å². The zero-order valence-electron chi connectivity index (χ0n) is 11.8. The van der Waals surface area contributed by atoms with Gasteiger partial charge in [0, 0.05) is 18.3 Å². The summed E-state index contributed by atoms with van der Waals surface area (Å²) in [7, 11) is 0. The highest BCUT2D eigenvalue weighted by atomic mass is 16.1. The van der Waals surface area contributed by atoms with Gasteiger partial charge < -0.3 is 9.47 Å². The largest absolute Gasteiger partial charge is 0.331 e. The van der Waals surface area contributed by atoms with Gasteiger partial charge in [-0.15, -0.1) is 10.2 Å². The lowest BCUT2D eigenvalue weighted by Gasteiger charge is -2.36. The lowest BCUT2D eigenvalue weighted by molar-refractivity contribution is -0.123. The van der Waals surface area contributed by atoms with E-state index >= 15 is 0 Å². The summed E-state index contributed by atoms with van der Waals surface area (Å²) in [6.07, 6.45) is 0.887. The molecule has 1 aliphatic heterocycles. The summed E-state index contributed by atoms with van der Waals surface area (Å²) in [6.45, 7) is 6.64. The Morgan fingerprint density at radius 1 is 1.30 bits per heavy atom. The fraction of sp³-hybridized carbons (Fsp3) is 0.429. The molecule has 0 radical (unpaired) electrons. The molecular formula is C14H17N5O. The van der Waals surface area contributed by atoms with Crippen LogP contribution in [0.1, 0.15) is 31.4 Å². The van der Waals surface area contributed by atoms with Crippen LogP contribution in [-0.4, -0.2) is 37.1 Å². The van der Waals surface area contributed by atoms with E-state index in [4.69, 9.17) is 0 Å². The molecule has 1 aliphatic rings. The summed E-state index contributed by atoms with van der Waals surface area (Å²) in [6, 6.07) is 5.91. The molecule has 6 nitrogen and oxygen atoms in total. The second-order valence-corrected chi connectivity index (χ2v) is 5.23. The third-order valence-electron chi connectivity index (χ3n) is 3.80. The number of pyridine rings is 1. The number of rotatable bonds is 2. The second-order valence-electron chi connectivity index (χ2n) is 5.23. The van der Waals surface area contributed by atoms with Crippen LogP contribution in [0.15, 0.2) is 18.2 Å². The highest BCUT2D eigenvalue weighted by molar-refractivity contribution is 5.52. The van der Waals surface area contributed by atoms with Crippen LogP contribution in [0, 0.1) is 6.92 Å². The normalized spacial score (nSPS) is 21.6. The molecule has 2 atom stereocenters. The Hall–Kier alpha value is -2.24. The third kappa shape index (κ3) is 1.88. The number of nitrogens with zero attached hydrogens (tertiary/aromatic N) is 5. The minimum atomic E-state index is -0.0673. The minimum absolute atomic E-state index is 0.0673. The molecule has 0 fully saturated rings. The number of fused-ring (bicyclic) bond motifs is 1. The quantitative estimate of drug-likeness (QED) is 0.778. The average molecular weight is 271 g/mol. The molecule has 0 aromatic carbocycles. The Morgan fingerprint density at radius 3 is 2.80 bits per heavy atom. The predicted molar refractivity (Wildman–Crippen MR) is 73.8 cm³/mol. The van der Waals surface area contributed by atoms with Gasteiger partial charge in [-0.3, -0.25) is 4.79 Å². The topological polar surface area (TPSA) is 63.9 Å². The molecule has 0 aliphatic carbocycles. The molecule has 0 saturated carbocycles. The van der Waals surface area contributed by atoms with E-state index in [0.29, 0.717) is 6.54 Å². The van der Waals surface area contributed by atoms with E-state index in [1.807, 2.05) is 39.0 Å². The lowest BCUT2D eigenvalue weighted by Crippen LogP contribution is -2.43. The van der Waals surface area contributed by atoms with Gasteiger partial charge in [0.2, 0.25) is 6.41 Å². The van der Waals surface area contributed by atoms with Gasteiger partial charge in [-0.1, -0.05) is 6.07 Å². The smallest absolute Gasteiger partial charge is 0.210 e. The molecule has 104 valence electrons. The molecule has 0 N–H and O–H groups in total. The summed E-state index contributed by atoms with van der Waals surface area (Å²) in [5, 5.41) is 8.52. The summed E-state index contributed by atoms with van der Waals surface area (Å²) >= 11 is 0. The van der Waals surface area contributed by atoms with Crippen LogP contribution in [0.25, 0.3) is 11.5 Å². The summed E-state index contributed by atoms with van der Waals surface area (Å²) in [4.78, 5) is 17.4. The van der Waals surface area contributed by atoms with E-state index in [0.717, 1.165) is 29.4 Å². The summed E-state index contributed by atoms with van der Waals surface area (Å²) < 4.78 is 2.07. The second kappa shape index (κ2) is 4.70. The van der Waals surface area contributed by atoms with Crippen LogP contribution < -0.4 is 0 Å². The first kappa shape index (κ1) is 12.8. The predicted octanol–water partition coefficient (Wildman–Crippen LogP) is 1.57. The molecule has 1 amide bonds. The van der Waals surface area contributed by atoms with Crippen molar-refractivity contribution in [2.45, 2.75) is 39.4 Å². The highest BCUT2D eigenvalue weighted by Crippen LogP contribution is 2.29. The lowest BCUT2D eigenvalue weighted by atomic mass is 10.1. The number of carbonyl (C=O) groups is 1. The van der Waals surface area contributed by atoms with Gasteiger partial charge in [0.1, 0.15) is 5.69 Å². The number of amides is 1. The monoisotopic (exact) mass is 271 g/mol. The van der Waals surface area contributed by atoms with Crippen molar-refractivity contribution in [3.05, 3.63) is 29.7 Å². The first-order valence-corrected chi connectivity index (χ1v) is 6.71. The number of hydrogen-bond donors (Lipinski definition) is 0. The molecule has 0 spiro atoms. The molecule has 3 rings (SSSR count). The Labute approximate surface area is 117 Å². The van der Waals surface area contributed by atoms with Crippen molar-refractivity contribution in [1.29, 1.82) is 0 Å². The minimum Gasteiger partial charge on any atom is -0.331 e. The van der Waals surface area contributed by atoms with Gasteiger partial charge in [-0.25, -0.2) is 4.98 Å². The Kier molecular flexibility index (Phi) is 3.00. The summed E-state index contributed by atoms with van der Waals surface area (Å²) in [5.74, 6) is 1.58. The number of hydrogen-bond acceptors (Lipinski definition) is 4. The van der Waals surface area contributed by atoms with Crippen LogP contribution in [0.4, 0.5) is 0 Å². The van der Waals surface area contributed by atoms with E-state index in [9.17, 15) is 4.79 Å². The van der Waals surface area contributed by atoms with Crippen LogP contribution in [0.2, 0.25) is 0 Å². The zero-order valence-corrected chi connectivity index (χ0v) is 11.8. The van der Waals surface area contributed by atoms with Gasteiger partial charge in [-0.2, -0.15) is 0 Å². The van der Waals surface area contributed by atoms with Gasteiger partial charge in [0.05, 0.1) is 6.04 Å². The highest BCUT2D eigenvalue weighted by Gasteiger charge is 2.32. The van der Waals surface area contributed by atoms with Gasteiger partial charge in [0.25, 0.3) is 0 Å². The maximum atomic E-state index is 11.2. The zero-order chi connectivity index (χ0) is 14.3. The number of aromatic nitrogens is 4. The molecule has 6 heteroatoms. The molecule has 2 aromatic heterocycles. The first-order chi connectivity index (χ1) is 9.61. The molecular weight excluding hydrogens is 254 g/mol. The van der Waals surface area contributed by atoms with Crippen molar-refractivity contribution >= 4 is 6.41 Å². The Balaban J connectivity index is 2.08. The van der Waals surface area contributed by atoms with Gasteiger partial charge >= 0.3 is 0 Å². The van der Waals surface area contributed by atoms with E-state index in [1.54, 1.807) is 4.90 Å². The van der Waals surface area contributed by atoms with Crippen LogP contribution in [-0.2, 0) is 11.3 Å². The van der Waals surface area contributed by atoms with Crippen LogP contribution in [0.3, 0.4) is 0 Å². The molecule has 0 saturated heterocycles. The first-order valence-electron chi connectivity index (χ1n) is 6.71. The van der Waals surface area contributed by atoms with E-state index in [1.165, 1.54) is 0 Å². The van der Waals surface area contributed by atoms with E-state index in [2.05, 4.69) is 19.7 Å². The molecule has 2 unspecified atom stereocenters. The van der Waals surface area contributed by atoms with Crippen molar-refractivity contribution < 1.29 is 4.79 Å². The third-order valence-corrected chi connectivity index (χ3v) is 3.80. The summed E-state index contributed by atoms with van der Waals surface area (Å²) in [5.41, 5.74) is 1.77. The maximum Gasteiger partial charge on any atom is 0.210 e. The Bertz CT molecular complexity index is 651. The van der Waals surface area contributed by atoms with Crippen LogP contribution >= 0.6 is 0 Å². The van der Waals surface area contributed by atoms with Crippen molar-refractivity contribution in [2.24, 2.45) is 0 Å². The van der Waals surface area contributed by atoms with Crippen molar-refractivity contribution in [3.8, 4) is 11.5 Å². The van der Waals surface area contributed by atoms with Crippen molar-refractivity contribution in [3.63, 3.8) is 0 Å². The van der Waals surface area contributed by atoms with Crippen molar-refractivity contribution in [2.75, 3.05) is 0 Å². The fourth-order valence-corrected chi connectivity index (χ4v) is 2.73. The molecule has 2 aromatic rings. The van der Waals surface area contributed by atoms with Crippen LogP contribution in [0.5, 0.6) is 0 Å². The maximum absolute atomic E-state index is 11.2. The van der Waals surface area contributed by atoms with Gasteiger partial charge in [-0.05, 0) is 32.9 Å². The number of carbonyl (C=O) groups excluding carboxylic acids is 1. The number of aryl methyl sites for hydroxylation is 1.